The van der Waals surface area contributed by atoms with Crippen molar-refractivity contribution >= 4 is 11.8 Å². The van der Waals surface area contributed by atoms with Crippen molar-refractivity contribution in [1.29, 1.82) is 0 Å². The van der Waals surface area contributed by atoms with Crippen LogP contribution in [0.2, 0.25) is 0 Å². The number of rotatable bonds is 5. The summed E-state index contributed by atoms with van der Waals surface area (Å²) in [4.78, 5) is 21.5. The number of carboxylic acid groups (broad SMARTS) is 1. The second-order valence-corrected chi connectivity index (χ2v) is 3.06. The Bertz CT molecular complexity index is 225. The highest BCUT2D eigenvalue weighted by atomic mass is 16.7. The van der Waals surface area contributed by atoms with E-state index in [2.05, 4.69) is 0 Å². The molecule has 94 valence electrons. The molecule has 1 heterocycles. The van der Waals surface area contributed by atoms with E-state index in [9.17, 15) is 9.59 Å². The zero-order valence-electron chi connectivity index (χ0n) is 9.64. The maximum absolute atomic E-state index is 11.2. The van der Waals surface area contributed by atoms with Crippen molar-refractivity contribution in [2.75, 3.05) is 13.2 Å². The Labute approximate surface area is 94.7 Å². The quantitative estimate of drug-likeness (QED) is 0.701. The summed E-state index contributed by atoms with van der Waals surface area (Å²) >= 11 is 0. The van der Waals surface area contributed by atoms with Crippen molar-refractivity contribution < 1.29 is 24.2 Å². The Hall–Kier alpha value is -0.980. The van der Waals surface area contributed by atoms with Crippen molar-refractivity contribution in [2.24, 2.45) is 5.73 Å². The highest BCUT2D eigenvalue weighted by Gasteiger charge is 2.22. The van der Waals surface area contributed by atoms with Crippen LogP contribution in [0.15, 0.2) is 0 Å². The van der Waals surface area contributed by atoms with Crippen LogP contribution in [-0.4, -0.2) is 42.4 Å². The summed E-state index contributed by atoms with van der Waals surface area (Å²) in [5.74, 6) is -1.43. The van der Waals surface area contributed by atoms with E-state index in [-0.39, 0.29) is 18.6 Å². The minimum atomic E-state index is -1.17. The summed E-state index contributed by atoms with van der Waals surface area (Å²) in [7, 11) is 0. The molecule has 16 heavy (non-hydrogen) atoms. The second-order valence-electron chi connectivity index (χ2n) is 3.06. The Kier molecular flexibility index (Phi) is 7.70. The first kappa shape index (κ1) is 15.0. The summed E-state index contributed by atoms with van der Waals surface area (Å²) in [6.45, 7) is 4.95. The molecule has 0 spiro atoms. The SMILES string of the molecule is CC.NC(CC(=O)CC1OCCO1)C(=O)O. The van der Waals surface area contributed by atoms with E-state index < -0.39 is 18.3 Å². The Morgan fingerprint density at radius 3 is 2.31 bits per heavy atom. The van der Waals surface area contributed by atoms with Gasteiger partial charge in [0.25, 0.3) is 0 Å². The molecule has 0 saturated carbocycles. The lowest BCUT2D eigenvalue weighted by atomic mass is 10.1. The third-order valence-corrected chi connectivity index (χ3v) is 1.85. The van der Waals surface area contributed by atoms with Gasteiger partial charge in [-0.15, -0.1) is 0 Å². The van der Waals surface area contributed by atoms with Gasteiger partial charge in [-0.1, -0.05) is 13.8 Å². The summed E-state index contributed by atoms with van der Waals surface area (Å²) in [6.07, 6.45) is -0.636. The van der Waals surface area contributed by atoms with Crippen LogP contribution >= 0.6 is 0 Å². The molecule has 3 N–H and O–H groups in total. The van der Waals surface area contributed by atoms with Crippen molar-refractivity contribution in [3.63, 3.8) is 0 Å². The Morgan fingerprint density at radius 2 is 1.88 bits per heavy atom. The molecule has 0 bridgehead atoms. The molecule has 0 aromatic heterocycles. The van der Waals surface area contributed by atoms with E-state index in [0.29, 0.717) is 13.2 Å². The van der Waals surface area contributed by atoms with Crippen LogP contribution in [0, 0.1) is 0 Å². The van der Waals surface area contributed by atoms with Gasteiger partial charge in [0.05, 0.1) is 19.6 Å². The number of ether oxygens (including phenoxy) is 2. The van der Waals surface area contributed by atoms with Crippen LogP contribution in [0.1, 0.15) is 26.7 Å². The summed E-state index contributed by atoms with van der Waals surface area (Å²) in [6, 6.07) is -1.14. The average Bonchev–Trinajstić information content (AvgIpc) is 2.73. The number of carboxylic acids is 1. The van der Waals surface area contributed by atoms with Gasteiger partial charge in [-0.25, -0.2) is 0 Å². The molecule has 1 rings (SSSR count). The van der Waals surface area contributed by atoms with Gasteiger partial charge in [-0.2, -0.15) is 0 Å². The number of aliphatic carboxylic acids is 1. The topological polar surface area (TPSA) is 98.9 Å². The zero-order chi connectivity index (χ0) is 12.6. The van der Waals surface area contributed by atoms with Gasteiger partial charge in [0.2, 0.25) is 0 Å². The third kappa shape index (κ3) is 5.79. The number of hydrogen-bond donors (Lipinski definition) is 2. The monoisotopic (exact) mass is 233 g/mol. The van der Waals surface area contributed by atoms with Crippen molar-refractivity contribution in [3.8, 4) is 0 Å². The lowest BCUT2D eigenvalue weighted by Gasteiger charge is -2.09. The van der Waals surface area contributed by atoms with E-state index >= 15 is 0 Å². The molecular weight excluding hydrogens is 214 g/mol. The second kappa shape index (κ2) is 8.20. The molecule has 6 heteroatoms. The third-order valence-electron chi connectivity index (χ3n) is 1.85. The summed E-state index contributed by atoms with van der Waals surface area (Å²) in [5.41, 5.74) is 5.19. The molecule has 0 radical (unpaired) electrons. The van der Waals surface area contributed by atoms with Crippen LogP contribution in [0.4, 0.5) is 0 Å². The molecule has 1 aliphatic rings. The van der Waals surface area contributed by atoms with Gasteiger partial charge in [-0.3, -0.25) is 9.59 Å². The van der Waals surface area contributed by atoms with Crippen molar-refractivity contribution in [1.82, 2.24) is 0 Å². The van der Waals surface area contributed by atoms with Crippen LogP contribution in [0.3, 0.4) is 0 Å². The van der Waals surface area contributed by atoms with Crippen LogP contribution in [0.5, 0.6) is 0 Å². The predicted octanol–water partition coefficient (Wildman–Crippen LogP) is 0.147. The van der Waals surface area contributed by atoms with Gasteiger partial charge in [-0.05, 0) is 0 Å². The number of ketones is 1. The predicted molar refractivity (Wildman–Crippen MR) is 56.9 cm³/mol. The molecule has 1 saturated heterocycles. The molecule has 0 aromatic carbocycles. The molecule has 1 unspecified atom stereocenters. The molecule has 6 nitrogen and oxygen atoms in total. The van der Waals surface area contributed by atoms with E-state index in [1.807, 2.05) is 13.8 Å². The van der Waals surface area contributed by atoms with E-state index in [0.717, 1.165) is 0 Å². The van der Waals surface area contributed by atoms with Crippen LogP contribution < -0.4 is 5.73 Å². The first-order valence-electron chi connectivity index (χ1n) is 5.33. The molecule has 0 aromatic rings. The maximum Gasteiger partial charge on any atom is 0.320 e. The van der Waals surface area contributed by atoms with Crippen LogP contribution in [0.25, 0.3) is 0 Å². The van der Waals surface area contributed by atoms with Gasteiger partial charge >= 0.3 is 5.97 Å². The summed E-state index contributed by atoms with van der Waals surface area (Å²) < 4.78 is 10.1. The molecule has 0 aliphatic carbocycles. The fourth-order valence-corrected chi connectivity index (χ4v) is 1.13. The fraction of sp³-hybridized carbons (Fsp3) is 0.800. The standard InChI is InChI=1S/C8H13NO5.C2H6/c9-6(8(11)12)3-5(10)4-7-13-1-2-14-7;1-2/h6-7H,1-4,9H2,(H,11,12);1-2H3. The first-order chi connectivity index (χ1) is 7.59. The minimum Gasteiger partial charge on any atom is -0.480 e. The largest absolute Gasteiger partial charge is 0.480 e. The van der Waals surface area contributed by atoms with Gasteiger partial charge in [0.15, 0.2) is 6.29 Å². The Balaban J connectivity index is 0.00000106. The van der Waals surface area contributed by atoms with E-state index in [4.69, 9.17) is 20.3 Å². The van der Waals surface area contributed by atoms with Gasteiger partial charge in [0, 0.05) is 6.42 Å². The van der Waals surface area contributed by atoms with Crippen molar-refractivity contribution in [2.45, 2.75) is 39.0 Å². The van der Waals surface area contributed by atoms with E-state index in [1.54, 1.807) is 0 Å². The molecule has 0 amide bonds. The van der Waals surface area contributed by atoms with Gasteiger partial charge < -0.3 is 20.3 Å². The molecule has 1 fully saturated rings. The van der Waals surface area contributed by atoms with E-state index in [1.165, 1.54) is 0 Å². The summed E-state index contributed by atoms with van der Waals surface area (Å²) in [5, 5.41) is 8.45. The maximum atomic E-state index is 11.2. The smallest absolute Gasteiger partial charge is 0.320 e. The number of carbonyl (C=O) groups is 2. The minimum absolute atomic E-state index is 0.0704. The van der Waals surface area contributed by atoms with Crippen LogP contribution in [-0.2, 0) is 19.1 Å². The number of nitrogens with two attached hydrogens (primary N) is 1. The van der Waals surface area contributed by atoms with Gasteiger partial charge in [0.1, 0.15) is 11.8 Å². The fourth-order valence-electron chi connectivity index (χ4n) is 1.13. The normalized spacial score (nSPS) is 17.4. The molecular formula is C10H19NO5. The zero-order valence-corrected chi connectivity index (χ0v) is 9.64. The number of hydrogen-bond acceptors (Lipinski definition) is 5. The average molecular weight is 233 g/mol. The molecule has 1 atom stereocenters. The highest BCUT2D eigenvalue weighted by molar-refractivity contribution is 5.85. The lowest BCUT2D eigenvalue weighted by molar-refractivity contribution is -0.141. The highest BCUT2D eigenvalue weighted by Crippen LogP contribution is 2.09. The molecule has 1 aliphatic heterocycles. The van der Waals surface area contributed by atoms with Crippen molar-refractivity contribution in [3.05, 3.63) is 0 Å². The lowest BCUT2D eigenvalue weighted by Crippen LogP contribution is -2.33. The Morgan fingerprint density at radius 1 is 1.38 bits per heavy atom. The number of carbonyl (C=O) groups excluding carboxylic acids is 1. The number of Topliss-reactive ketones (excluding diaryl/α,β-unsaturated/α-hetero) is 1. The first-order valence-corrected chi connectivity index (χ1v) is 5.33.